The van der Waals surface area contributed by atoms with Crippen molar-refractivity contribution in [2.75, 3.05) is 11.2 Å². The molecule has 1 atom stereocenters. The van der Waals surface area contributed by atoms with Crippen LogP contribution in [0.25, 0.3) is 5.69 Å². The second-order valence-electron chi connectivity index (χ2n) is 5.21. The fourth-order valence-corrected chi connectivity index (χ4v) is 2.99. The van der Waals surface area contributed by atoms with Crippen LogP contribution in [0.3, 0.4) is 0 Å². The smallest absolute Gasteiger partial charge is 0.0686 e. The van der Waals surface area contributed by atoms with Gasteiger partial charge >= 0.3 is 0 Å². The minimum Gasteiger partial charge on any atom is -0.375 e. The standard InChI is InChI=1S/C16H19ClN2/c1-12-7-8-16-14(11-12)18-13(5-2-3-9-17)15-6-4-10-19(15)16/h4,6-8,10-11,13,18H,2-3,5,9H2,1H3/t13-/m0/s1. The number of benzene rings is 1. The van der Waals surface area contributed by atoms with Crippen LogP contribution in [0.4, 0.5) is 5.69 Å². The molecule has 0 aliphatic carbocycles. The van der Waals surface area contributed by atoms with Crippen molar-refractivity contribution in [2.45, 2.75) is 32.2 Å². The first-order chi connectivity index (χ1) is 9.29. The number of fused-ring (bicyclic) bond motifs is 3. The van der Waals surface area contributed by atoms with Crippen LogP contribution < -0.4 is 5.32 Å². The Morgan fingerprint density at radius 1 is 1.26 bits per heavy atom. The predicted octanol–water partition coefficient (Wildman–Crippen LogP) is 4.66. The average molecular weight is 275 g/mol. The summed E-state index contributed by atoms with van der Waals surface area (Å²) in [6.07, 6.45) is 5.53. The highest BCUT2D eigenvalue weighted by Crippen LogP contribution is 2.36. The van der Waals surface area contributed by atoms with Crippen molar-refractivity contribution in [1.29, 1.82) is 0 Å². The Morgan fingerprint density at radius 2 is 2.16 bits per heavy atom. The van der Waals surface area contributed by atoms with E-state index in [-0.39, 0.29) is 0 Å². The van der Waals surface area contributed by atoms with Gasteiger partial charge in [-0.05, 0) is 56.0 Å². The van der Waals surface area contributed by atoms with Gasteiger partial charge in [0, 0.05) is 17.8 Å². The normalized spacial score (nSPS) is 16.6. The topological polar surface area (TPSA) is 17.0 Å². The van der Waals surface area contributed by atoms with E-state index >= 15 is 0 Å². The summed E-state index contributed by atoms with van der Waals surface area (Å²) in [5.74, 6) is 0.753. The van der Waals surface area contributed by atoms with Gasteiger partial charge in [0.15, 0.2) is 0 Å². The molecule has 0 spiro atoms. The number of halogens is 1. The summed E-state index contributed by atoms with van der Waals surface area (Å²) in [6.45, 7) is 2.13. The summed E-state index contributed by atoms with van der Waals surface area (Å²) in [6, 6.07) is 11.3. The van der Waals surface area contributed by atoms with Crippen LogP contribution in [0, 0.1) is 6.92 Å². The molecule has 0 fully saturated rings. The highest BCUT2D eigenvalue weighted by atomic mass is 35.5. The van der Waals surface area contributed by atoms with Crippen LogP contribution in [0.15, 0.2) is 36.5 Å². The molecule has 0 saturated carbocycles. The maximum absolute atomic E-state index is 5.77. The number of nitrogens with zero attached hydrogens (tertiary/aromatic N) is 1. The van der Waals surface area contributed by atoms with Crippen LogP contribution in [-0.2, 0) is 0 Å². The molecule has 1 aromatic heterocycles. The van der Waals surface area contributed by atoms with Gasteiger partial charge in [-0.3, -0.25) is 0 Å². The third kappa shape index (κ3) is 2.37. The van der Waals surface area contributed by atoms with Gasteiger partial charge in [0.05, 0.1) is 17.4 Å². The Kier molecular flexibility index (Phi) is 3.52. The lowest BCUT2D eigenvalue weighted by molar-refractivity contribution is 0.605. The number of nitrogens with one attached hydrogen (secondary N) is 1. The van der Waals surface area contributed by atoms with Crippen LogP contribution >= 0.6 is 11.6 Å². The number of rotatable bonds is 4. The van der Waals surface area contributed by atoms with E-state index in [4.69, 9.17) is 11.6 Å². The van der Waals surface area contributed by atoms with Crippen molar-refractivity contribution in [2.24, 2.45) is 0 Å². The van der Waals surface area contributed by atoms with Crippen LogP contribution in [-0.4, -0.2) is 10.4 Å². The van der Waals surface area contributed by atoms with Gasteiger partial charge < -0.3 is 9.88 Å². The second kappa shape index (κ2) is 5.30. The Balaban J connectivity index is 1.92. The third-order valence-corrected chi connectivity index (χ3v) is 4.02. The maximum atomic E-state index is 5.77. The number of alkyl halides is 1. The zero-order valence-electron chi connectivity index (χ0n) is 11.2. The molecule has 100 valence electrons. The molecular formula is C16H19ClN2. The highest BCUT2D eigenvalue weighted by molar-refractivity contribution is 6.17. The first-order valence-electron chi connectivity index (χ1n) is 6.90. The number of unbranched alkanes of at least 4 members (excludes halogenated alkanes) is 1. The van der Waals surface area contributed by atoms with Crippen LogP contribution in [0.5, 0.6) is 0 Å². The Bertz CT molecular complexity index is 574. The van der Waals surface area contributed by atoms with Gasteiger partial charge in [0.2, 0.25) is 0 Å². The van der Waals surface area contributed by atoms with Crippen molar-refractivity contribution in [1.82, 2.24) is 4.57 Å². The van der Waals surface area contributed by atoms with Crippen LogP contribution in [0.2, 0.25) is 0 Å². The molecule has 3 heteroatoms. The van der Waals surface area contributed by atoms with E-state index < -0.39 is 0 Å². The van der Waals surface area contributed by atoms with Gasteiger partial charge in [0.1, 0.15) is 0 Å². The summed E-state index contributed by atoms with van der Waals surface area (Å²) in [5, 5.41) is 3.68. The summed E-state index contributed by atoms with van der Waals surface area (Å²) in [5.41, 5.74) is 5.13. The Morgan fingerprint density at radius 3 is 3.00 bits per heavy atom. The van der Waals surface area contributed by atoms with Crippen molar-refractivity contribution in [3.05, 3.63) is 47.8 Å². The SMILES string of the molecule is Cc1ccc2c(c1)N[C@@H](CCCCCl)c1cccn1-2. The zero-order chi connectivity index (χ0) is 13.2. The minimum absolute atomic E-state index is 0.396. The molecule has 0 unspecified atom stereocenters. The summed E-state index contributed by atoms with van der Waals surface area (Å²) in [7, 11) is 0. The largest absolute Gasteiger partial charge is 0.375 e. The third-order valence-electron chi connectivity index (χ3n) is 3.76. The van der Waals surface area contributed by atoms with E-state index in [1.54, 1.807) is 0 Å². The molecule has 2 nitrogen and oxygen atoms in total. The van der Waals surface area contributed by atoms with Gasteiger partial charge in [-0.15, -0.1) is 11.6 Å². The van der Waals surface area contributed by atoms with E-state index in [0.29, 0.717) is 6.04 Å². The molecule has 0 saturated heterocycles. The lowest BCUT2D eigenvalue weighted by Gasteiger charge is -2.29. The Labute approximate surface area is 119 Å². The van der Waals surface area contributed by atoms with Gasteiger partial charge in [-0.25, -0.2) is 0 Å². The fraction of sp³-hybridized carbons (Fsp3) is 0.375. The van der Waals surface area contributed by atoms with Crippen molar-refractivity contribution in [3.8, 4) is 5.69 Å². The van der Waals surface area contributed by atoms with Gasteiger partial charge in [-0.1, -0.05) is 6.07 Å². The van der Waals surface area contributed by atoms with Crippen LogP contribution in [0.1, 0.15) is 36.6 Å². The van der Waals surface area contributed by atoms with Crippen molar-refractivity contribution in [3.63, 3.8) is 0 Å². The van der Waals surface area contributed by atoms with Gasteiger partial charge in [-0.2, -0.15) is 0 Å². The zero-order valence-corrected chi connectivity index (χ0v) is 12.0. The van der Waals surface area contributed by atoms with Crippen molar-refractivity contribution >= 4 is 17.3 Å². The average Bonchev–Trinajstić information content (AvgIpc) is 2.88. The fourth-order valence-electron chi connectivity index (χ4n) is 2.80. The summed E-state index contributed by atoms with van der Waals surface area (Å²) < 4.78 is 2.30. The van der Waals surface area contributed by atoms with E-state index in [1.807, 2.05) is 0 Å². The quantitative estimate of drug-likeness (QED) is 0.634. The first kappa shape index (κ1) is 12.6. The number of aromatic nitrogens is 1. The molecular weight excluding hydrogens is 256 g/mol. The second-order valence-corrected chi connectivity index (χ2v) is 5.58. The summed E-state index contributed by atoms with van der Waals surface area (Å²) in [4.78, 5) is 0. The molecule has 1 N–H and O–H groups in total. The minimum atomic E-state index is 0.396. The molecule has 0 radical (unpaired) electrons. The molecule has 0 amide bonds. The molecule has 2 heterocycles. The van der Waals surface area contributed by atoms with Crippen molar-refractivity contribution < 1.29 is 0 Å². The van der Waals surface area contributed by atoms with E-state index in [9.17, 15) is 0 Å². The monoisotopic (exact) mass is 274 g/mol. The molecule has 3 rings (SSSR count). The molecule has 1 aliphatic heterocycles. The lowest BCUT2D eigenvalue weighted by Crippen LogP contribution is -2.21. The molecule has 1 aliphatic rings. The number of hydrogen-bond acceptors (Lipinski definition) is 1. The molecule has 0 bridgehead atoms. The highest BCUT2D eigenvalue weighted by Gasteiger charge is 2.22. The lowest BCUT2D eigenvalue weighted by atomic mass is 10.0. The number of aryl methyl sites for hydroxylation is 1. The number of anilines is 1. The molecule has 2 aromatic rings. The predicted molar refractivity (Wildman–Crippen MR) is 81.4 cm³/mol. The molecule has 19 heavy (non-hydrogen) atoms. The summed E-state index contributed by atoms with van der Waals surface area (Å²) >= 11 is 5.77. The first-order valence-corrected chi connectivity index (χ1v) is 7.44. The maximum Gasteiger partial charge on any atom is 0.0686 e. The van der Waals surface area contributed by atoms with E-state index in [1.165, 1.54) is 22.6 Å². The number of hydrogen-bond donors (Lipinski definition) is 1. The Hall–Kier alpha value is -1.41. The molecule has 1 aromatic carbocycles. The van der Waals surface area contributed by atoms with E-state index in [2.05, 4.69) is 53.3 Å². The van der Waals surface area contributed by atoms with Gasteiger partial charge in [0.25, 0.3) is 0 Å². The van der Waals surface area contributed by atoms with E-state index in [0.717, 1.165) is 25.1 Å².